The molecule has 2 N–H and O–H groups in total. The standard InChI is InChI=1S/C11H15NO2/c1-8(13)7-10(14)11(2)6-4-3-5-9(11)12/h3-6,9H,7,12H2,1-2H3. The highest BCUT2D eigenvalue weighted by Gasteiger charge is 2.36. The minimum Gasteiger partial charge on any atom is -0.323 e. The lowest BCUT2D eigenvalue weighted by Gasteiger charge is -2.30. The van der Waals surface area contributed by atoms with Gasteiger partial charge in [0.25, 0.3) is 0 Å². The van der Waals surface area contributed by atoms with Crippen LogP contribution in [-0.4, -0.2) is 17.6 Å². The van der Waals surface area contributed by atoms with Gasteiger partial charge in [-0.1, -0.05) is 24.3 Å². The summed E-state index contributed by atoms with van der Waals surface area (Å²) in [5, 5.41) is 0. The summed E-state index contributed by atoms with van der Waals surface area (Å²) >= 11 is 0. The van der Waals surface area contributed by atoms with Gasteiger partial charge in [-0.25, -0.2) is 0 Å². The summed E-state index contributed by atoms with van der Waals surface area (Å²) < 4.78 is 0. The van der Waals surface area contributed by atoms with Crippen molar-refractivity contribution in [2.75, 3.05) is 0 Å². The summed E-state index contributed by atoms with van der Waals surface area (Å²) in [6, 6.07) is -0.334. The van der Waals surface area contributed by atoms with Crippen LogP contribution in [0, 0.1) is 5.41 Å². The topological polar surface area (TPSA) is 60.2 Å². The van der Waals surface area contributed by atoms with E-state index in [1.165, 1.54) is 6.92 Å². The minimum absolute atomic E-state index is 0.0393. The largest absolute Gasteiger partial charge is 0.323 e. The molecule has 0 aromatic rings. The average molecular weight is 193 g/mol. The predicted molar refractivity (Wildman–Crippen MR) is 54.7 cm³/mol. The van der Waals surface area contributed by atoms with Gasteiger partial charge >= 0.3 is 0 Å². The van der Waals surface area contributed by atoms with Crippen molar-refractivity contribution in [1.82, 2.24) is 0 Å². The second kappa shape index (κ2) is 3.88. The molecule has 0 spiro atoms. The molecule has 0 amide bonds. The Hall–Kier alpha value is -1.22. The Labute approximate surface area is 83.7 Å². The molecule has 0 aliphatic heterocycles. The van der Waals surface area contributed by atoms with Crippen molar-refractivity contribution in [2.24, 2.45) is 11.1 Å². The Balaban J connectivity index is 2.84. The number of Topliss-reactive ketones (excluding diaryl/α,β-unsaturated/α-hetero) is 2. The van der Waals surface area contributed by atoms with Crippen molar-refractivity contribution < 1.29 is 9.59 Å². The summed E-state index contributed by atoms with van der Waals surface area (Å²) in [4.78, 5) is 22.6. The summed E-state index contributed by atoms with van der Waals surface area (Å²) in [6.45, 7) is 3.18. The summed E-state index contributed by atoms with van der Waals surface area (Å²) in [5.74, 6) is -0.232. The maximum absolute atomic E-state index is 11.8. The number of allylic oxidation sites excluding steroid dienone is 2. The van der Waals surface area contributed by atoms with E-state index >= 15 is 0 Å². The quantitative estimate of drug-likeness (QED) is 0.680. The predicted octanol–water partition coefficient (Wildman–Crippen LogP) is 0.994. The van der Waals surface area contributed by atoms with Gasteiger partial charge in [-0.15, -0.1) is 0 Å². The van der Waals surface area contributed by atoms with Gasteiger partial charge < -0.3 is 5.73 Å². The Morgan fingerprint density at radius 3 is 2.57 bits per heavy atom. The first kappa shape index (κ1) is 10.9. The smallest absolute Gasteiger partial charge is 0.151 e. The molecule has 1 aliphatic rings. The SMILES string of the molecule is CC(=O)CC(=O)C1(C)C=CC=CC1N. The fraction of sp³-hybridized carbons (Fsp3) is 0.455. The van der Waals surface area contributed by atoms with Crippen LogP contribution in [0.3, 0.4) is 0 Å². The molecule has 0 aromatic carbocycles. The van der Waals surface area contributed by atoms with Crippen molar-refractivity contribution >= 4 is 11.6 Å². The van der Waals surface area contributed by atoms with E-state index in [9.17, 15) is 9.59 Å². The Bertz CT molecular complexity index is 317. The van der Waals surface area contributed by atoms with Gasteiger partial charge in [0.2, 0.25) is 0 Å². The number of carbonyl (C=O) groups excluding carboxylic acids is 2. The second-order valence-corrected chi connectivity index (χ2v) is 3.85. The third-order valence-electron chi connectivity index (χ3n) is 2.57. The lowest BCUT2D eigenvalue weighted by Crippen LogP contribution is -2.44. The van der Waals surface area contributed by atoms with Crippen molar-refractivity contribution in [3.63, 3.8) is 0 Å². The Morgan fingerprint density at radius 2 is 2.07 bits per heavy atom. The molecule has 0 fully saturated rings. The first-order valence-corrected chi connectivity index (χ1v) is 4.61. The van der Waals surface area contributed by atoms with E-state index in [0.29, 0.717) is 0 Å². The molecular formula is C11H15NO2. The van der Waals surface area contributed by atoms with Crippen LogP contribution in [0.4, 0.5) is 0 Å². The normalized spacial score (nSPS) is 30.4. The first-order valence-electron chi connectivity index (χ1n) is 4.61. The maximum atomic E-state index is 11.8. The lowest BCUT2D eigenvalue weighted by atomic mass is 9.75. The number of carbonyl (C=O) groups is 2. The van der Waals surface area contributed by atoms with Crippen molar-refractivity contribution in [2.45, 2.75) is 26.3 Å². The molecule has 0 radical (unpaired) electrons. The van der Waals surface area contributed by atoms with E-state index < -0.39 is 5.41 Å². The van der Waals surface area contributed by atoms with E-state index in [1.54, 1.807) is 25.2 Å². The summed E-state index contributed by atoms with van der Waals surface area (Å²) in [5.41, 5.74) is 5.10. The van der Waals surface area contributed by atoms with Crippen LogP contribution in [0.15, 0.2) is 24.3 Å². The first-order chi connectivity index (χ1) is 6.47. The molecular weight excluding hydrogens is 178 g/mol. The number of rotatable bonds is 3. The van der Waals surface area contributed by atoms with Crippen LogP contribution in [0.25, 0.3) is 0 Å². The van der Waals surface area contributed by atoms with Gasteiger partial charge in [0.1, 0.15) is 5.78 Å². The van der Waals surface area contributed by atoms with Gasteiger partial charge in [-0.05, 0) is 13.8 Å². The van der Waals surface area contributed by atoms with E-state index in [2.05, 4.69) is 0 Å². The monoisotopic (exact) mass is 193 g/mol. The molecule has 76 valence electrons. The average Bonchev–Trinajstić information content (AvgIpc) is 2.09. The molecule has 0 aromatic heterocycles. The number of hydrogen-bond donors (Lipinski definition) is 1. The maximum Gasteiger partial charge on any atom is 0.151 e. The molecule has 3 nitrogen and oxygen atoms in total. The summed E-state index contributed by atoms with van der Waals surface area (Å²) in [6.07, 6.45) is 7.11. The fourth-order valence-electron chi connectivity index (χ4n) is 1.45. The molecule has 2 unspecified atom stereocenters. The molecule has 2 atom stereocenters. The summed E-state index contributed by atoms with van der Waals surface area (Å²) in [7, 11) is 0. The minimum atomic E-state index is -0.722. The lowest BCUT2D eigenvalue weighted by molar-refractivity contribution is -0.130. The number of hydrogen-bond acceptors (Lipinski definition) is 3. The molecule has 14 heavy (non-hydrogen) atoms. The van der Waals surface area contributed by atoms with Crippen molar-refractivity contribution in [1.29, 1.82) is 0 Å². The van der Waals surface area contributed by atoms with Crippen LogP contribution in [0.1, 0.15) is 20.3 Å². The van der Waals surface area contributed by atoms with Gasteiger partial charge in [-0.2, -0.15) is 0 Å². The van der Waals surface area contributed by atoms with E-state index in [0.717, 1.165) is 0 Å². The zero-order valence-corrected chi connectivity index (χ0v) is 8.49. The van der Waals surface area contributed by atoms with Crippen LogP contribution >= 0.6 is 0 Å². The number of nitrogens with two attached hydrogens (primary N) is 1. The highest BCUT2D eigenvalue weighted by molar-refractivity contribution is 6.02. The zero-order valence-electron chi connectivity index (χ0n) is 8.49. The van der Waals surface area contributed by atoms with Gasteiger partial charge in [0, 0.05) is 6.04 Å². The highest BCUT2D eigenvalue weighted by atomic mass is 16.1. The zero-order chi connectivity index (χ0) is 10.8. The fourth-order valence-corrected chi connectivity index (χ4v) is 1.45. The second-order valence-electron chi connectivity index (χ2n) is 3.85. The molecule has 0 saturated heterocycles. The molecule has 1 aliphatic carbocycles. The Kier molecular flexibility index (Phi) is 3.01. The van der Waals surface area contributed by atoms with Crippen LogP contribution < -0.4 is 5.73 Å². The highest BCUT2D eigenvalue weighted by Crippen LogP contribution is 2.28. The molecule has 0 heterocycles. The van der Waals surface area contributed by atoms with E-state index in [-0.39, 0.29) is 24.0 Å². The van der Waals surface area contributed by atoms with Crippen LogP contribution in [-0.2, 0) is 9.59 Å². The molecule has 0 bridgehead atoms. The number of ketones is 2. The van der Waals surface area contributed by atoms with E-state index in [1.807, 2.05) is 6.08 Å². The molecule has 1 rings (SSSR count). The van der Waals surface area contributed by atoms with Crippen molar-refractivity contribution in [3.8, 4) is 0 Å². The van der Waals surface area contributed by atoms with Crippen molar-refractivity contribution in [3.05, 3.63) is 24.3 Å². The van der Waals surface area contributed by atoms with Gasteiger partial charge in [-0.3, -0.25) is 9.59 Å². The third kappa shape index (κ3) is 1.99. The third-order valence-corrected chi connectivity index (χ3v) is 2.57. The molecule has 0 saturated carbocycles. The Morgan fingerprint density at radius 1 is 1.43 bits per heavy atom. The van der Waals surface area contributed by atoms with Gasteiger partial charge in [0.05, 0.1) is 11.8 Å². The van der Waals surface area contributed by atoms with E-state index in [4.69, 9.17) is 5.73 Å². The van der Waals surface area contributed by atoms with Gasteiger partial charge in [0.15, 0.2) is 5.78 Å². The van der Waals surface area contributed by atoms with Crippen LogP contribution in [0.5, 0.6) is 0 Å². The molecule has 3 heteroatoms. The van der Waals surface area contributed by atoms with Crippen LogP contribution in [0.2, 0.25) is 0 Å².